The van der Waals surface area contributed by atoms with Crippen LogP contribution in [-0.4, -0.2) is 25.0 Å². The molecule has 0 aromatic heterocycles. The van der Waals surface area contributed by atoms with E-state index in [1.165, 1.54) is 5.56 Å². The number of rotatable bonds is 10. The van der Waals surface area contributed by atoms with E-state index in [0.29, 0.717) is 19.6 Å². The van der Waals surface area contributed by atoms with Gasteiger partial charge in [-0.1, -0.05) is 34.9 Å². The molecule has 3 atom stereocenters. The number of hydrogen-bond donors (Lipinski definition) is 0. The number of hydrogen-bond acceptors (Lipinski definition) is 4. The average Bonchev–Trinajstić information content (AvgIpc) is 2.51. The Bertz CT molecular complexity index is 422. The van der Waals surface area contributed by atoms with Crippen molar-refractivity contribution in [2.75, 3.05) is 13.2 Å². The molecule has 0 saturated heterocycles. The highest BCUT2D eigenvalue weighted by atomic mass is 31.1. The van der Waals surface area contributed by atoms with Gasteiger partial charge in [0.25, 0.3) is 5.85 Å². The number of ether oxygens (including phenoxy) is 2. The second-order valence-electron chi connectivity index (χ2n) is 4.73. The lowest BCUT2D eigenvalue weighted by molar-refractivity contribution is -0.151. The third-order valence-corrected chi connectivity index (χ3v) is 4.04. The first-order valence-electron chi connectivity index (χ1n) is 7.42. The largest absolute Gasteiger partial charge is 0.466 e. The van der Waals surface area contributed by atoms with Crippen molar-refractivity contribution in [2.24, 2.45) is 5.92 Å². The van der Waals surface area contributed by atoms with Crippen molar-refractivity contribution in [1.29, 1.82) is 0 Å². The summed E-state index contributed by atoms with van der Waals surface area (Å²) in [5, 5.41) is 0. The van der Waals surface area contributed by atoms with Crippen LogP contribution in [0.15, 0.2) is 30.3 Å². The predicted octanol–water partition coefficient (Wildman–Crippen LogP) is 3.58. The molecule has 0 spiro atoms. The van der Waals surface area contributed by atoms with Gasteiger partial charge in [-0.15, -0.1) is 0 Å². The Balaban J connectivity index is 2.59. The first kappa shape index (κ1) is 17.8. The first-order valence-corrected chi connectivity index (χ1v) is 8.41. The second kappa shape index (κ2) is 10.5. The van der Waals surface area contributed by atoms with E-state index in [0.717, 1.165) is 12.8 Å². The maximum atomic E-state index is 12.0. The molecule has 0 heterocycles. The number of carbonyl (C=O) groups excluding carboxylic acids is 1. The van der Waals surface area contributed by atoms with Crippen LogP contribution in [0.4, 0.5) is 0 Å². The molecule has 21 heavy (non-hydrogen) atoms. The van der Waals surface area contributed by atoms with Gasteiger partial charge in [-0.2, -0.15) is 0 Å². The topological polar surface area (TPSA) is 52.6 Å². The van der Waals surface area contributed by atoms with Crippen LogP contribution in [0.1, 0.15) is 32.3 Å². The molecule has 1 aromatic rings. The summed E-state index contributed by atoms with van der Waals surface area (Å²) in [4.78, 5) is 12.0. The molecule has 116 valence electrons. The zero-order valence-corrected chi connectivity index (χ0v) is 13.7. The summed E-state index contributed by atoms with van der Waals surface area (Å²) in [6, 6.07) is 10.1. The minimum Gasteiger partial charge on any atom is -0.466 e. The van der Waals surface area contributed by atoms with Gasteiger partial charge in [-0.05, 0) is 38.7 Å². The Hall–Kier alpha value is -1.25. The van der Waals surface area contributed by atoms with E-state index >= 15 is 0 Å². The van der Waals surface area contributed by atoms with E-state index in [-0.39, 0.29) is 5.97 Å². The number of benzene rings is 1. The van der Waals surface area contributed by atoms with Gasteiger partial charge in [0.15, 0.2) is 0 Å². The number of carbonyl (C=O) groups is 1. The van der Waals surface area contributed by atoms with Gasteiger partial charge < -0.3 is 9.47 Å². The van der Waals surface area contributed by atoms with E-state index in [2.05, 4.69) is 12.1 Å². The van der Waals surface area contributed by atoms with Crippen molar-refractivity contribution in [3.05, 3.63) is 35.9 Å². The molecule has 0 amide bonds. The van der Waals surface area contributed by atoms with Gasteiger partial charge in [0.05, 0.1) is 6.61 Å². The van der Waals surface area contributed by atoms with Crippen LogP contribution < -0.4 is 0 Å². The molecule has 0 aliphatic rings. The van der Waals surface area contributed by atoms with Crippen LogP contribution in [0.5, 0.6) is 0 Å². The summed E-state index contributed by atoms with van der Waals surface area (Å²) in [5.41, 5.74) is 1.23. The summed E-state index contributed by atoms with van der Waals surface area (Å²) in [6.45, 7) is 4.37. The molecule has 0 saturated carbocycles. The first-order chi connectivity index (χ1) is 10.2. The smallest absolute Gasteiger partial charge is 0.357 e. The lowest BCUT2D eigenvalue weighted by atomic mass is 10.00. The summed E-state index contributed by atoms with van der Waals surface area (Å²) in [7, 11) is -0.662. The van der Waals surface area contributed by atoms with E-state index in [1.54, 1.807) is 6.92 Å². The van der Waals surface area contributed by atoms with E-state index in [9.17, 15) is 9.36 Å². The number of aryl methyl sites for hydroxylation is 1. The van der Waals surface area contributed by atoms with Crippen LogP contribution in [-0.2, 0) is 25.3 Å². The van der Waals surface area contributed by atoms with Crippen molar-refractivity contribution in [1.82, 2.24) is 0 Å². The molecule has 0 fully saturated rings. The number of esters is 1. The second-order valence-corrected chi connectivity index (χ2v) is 5.53. The third-order valence-electron chi connectivity index (χ3n) is 3.24. The molecule has 0 bridgehead atoms. The van der Waals surface area contributed by atoms with Crippen molar-refractivity contribution in [3.63, 3.8) is 0 Å². The highest BCUT2D eigenvalue weighted by Gasteiger charge is 2.35. The maximum Gasteiger partial charge on any atom is 0.357 e. The minimum absolute atomic E-state index is 0.313. The summed E-state index contributed by atoms with van der Waals surface area (Å²) < 4.78 is 21.8. The molecule has 0 radical (unpaired) electrons. The lowest BCUT2D eigenvalue weighted by Gasteiger charge is -2.16. The highest BCUT2D eigenvalue weighted by molar-refractivity contribution is 7.24. The van der Waals surface area contributed by atoms with Crippen molar-refractivity contribution in [3.8, 4) is 0 Å². The molecule has 4 nitrogen and oxygen atoms in total. The molecule has 5 heteroatoms. The van der Waals surface area contributed by atoms with Crippen molar-refractivity contribution in [2.45, 2.75) is 39.0 Å². The fourth-order valence-electron chi connectivity index (χ4n) is 2.22. The molecule has 0 aliphatic heterocycles. The van der Waals surface area contributed by atoms with E-state index < -0.39 is 20.2 Å². The van der Waals surface area contributed by atoms with Gasteiger partial charge >= 0.3 is 14.4 Å². The standard InChI is InChI=1S/C16H23O4P/c1-3-19-15(17)14(16(21-18)20-4-2)12-8-11-13-9-6-5-7-10-13/h5-7,9-10,14,16H,3-4,8,11-12H2,1-2H3/p+1. The van der Waals surface area contributed by atoms with Gasteiger partial charge in [0, 0.05) is 6.61 Å². The molecular formula is C16H24O4P+. The Kier molecular flexibility index (Phi) is 8.88. The Labute approximate surface area is 128 Å². The molecule has 0 N–H and O–H groups in total. The van der Waals surface area contributed by atoms with Crippen molar-refractivity contribution < 1.29 is 18.8 Å². The van der Waals surface area contributed by atoms with E-state index in [1.807, 2.05) is 25.1 Å². The summed E-state index contributed by atoms with van der Waals surface area (Å²) in [6.07, 6.45) is 2.34. The van der Waals surface area contributed by atoms with Gasteiger partial charge in [0.1, 0.15) is 5.92 Å². The normalized spacial score (nSPS) is 13.8. The Morgan fingerprint density at radius 1 is 1.19 bits per heavy atom. The Morgan fingerprint density at radius 3 is 2.48 bits per heavy atom. The molecule has 3 unspecified atom stereocenters. The SMILES string of the molecule is CCOC(=O)C(CCCc1ccccc1)C(OCC)[PH+]=O. The minimum atomic E-state index is -0.662. The molecule has 1 rings (SSSR count). The summed E-state index contributed by atoms with van der Waals surface area (Å²) >= 11 is 0. The van der Waals surface area contributed by atoms with Crippen LogP contribution in [0, 0.1) is 5.92 Å². The van der Waals surface area contributed by atoms with E-state index in [4.69, 9.17) is 9.47 Å². The third kappa shape index (κ3) is 6.36. The predicted molar refractivity (Wildman–Crippen MR) is 83.9 cm³/mol. The van der Waals surface area contributed by atoms with Gasteiger partial charge in [0.2, 0.25) is 0 Å². The van der Waals surface area contributed by atoms with Gasteiger partial charge in [-0.25, -0.2) is 0 Å². The summed E-state index contributed by atoms with van der Waals surface area (Å²) in [5.74, 6) is -1.33. The van der Waals surface area contributed by atoms with Crippen LogP contribution >= 0.6 is 8.46 Å². The monoisotopic (exact) mass is 311 g/mol. The molecule has 0 aliphatic carbocycles. The lowest BCUT2D eigenvalue weighted by Crippen LogP contribution is -2.29. The van der Waals surface area contributed by atoms with Crippen LogP contribution in [0.25, 0.3) is 0 Å². The quantitative estimate of drug-likeness (QED) is 0.489. The average molecular weight is 311 g/mol. The highest BCUT2D eigenvalue weighted by Crippen LogP contribution is 2.25. The Morgan fingerprint density at radius 2 is 1.90 bits per heavy atom. The molecule has 1 aromatic carbocycles. The zero-order chi connectivity index (χ0) is 15.5. The van der Waals surface area contributed by atoms with Crippen LogP contribution in [0.3, 0.4) is 0 Å². The van der Waals surface area contributed by atoms with Gasteiger partial charge in [-0.3, -0.25) is 4.79 Å². The molecular weight excluding hydrogens is 287 g/mol. The van der Waals surface area contributed by atoms with Crippen molar-refractivity contribution >= 4 is 14.4 Å². The van der Waals surface area contributed by atoms with Crippen LogP contribution in [0.2, 0.25) is 0 Å². The maximum absolute atomic E-state index is 12.0. The zero-order valence-electron chi connectivity index (χ0n) is 12.7. The fraction of sp³-hybridized carbons (Fsp3) is 0.562. The fourth-order valence-corrected chi connectivity index (χ4v) is 2.93.